The first-order valence-corrected chi connectivity index (χ1v) is 21.7. The fourth-order valence-electron chi connectivity index (χ4n) is 8.14. The molecule has 0 aliphatic rings. The molecule has 8 nitrogen and oxygen atoms in total. The molecule has 0 aliphatic heterocycles. The van der Waals surface area contributed by atoms with Gasteiger partial charge in [-0.2, -0.15) is 9.15 Å². The predicted molar refractivity (Wildman–Crippen MR) is 241 cm³/mol. The van der Waals surface area contributed by atoms with E-state index in [1.54, 1.807) is 6.20 Å². The third-order valence-electron chi connectivity index (χ3n) is 12.3. The number of aromatic nitrogens is 2. The molecule has 0 amide bonds. The van der Waals surface area contributed by atoms with Gasteiger partial charge in [-0.15, -0.1) is 0 Å². The average Bonchev–Trinajstić information content (AvgIpc) is 3.63. The lowest BCUT2D eigenvalue weighted by molar-refractivity contribution is -0.169. The highest BCUT2D eigenvalue weighted by Crippen LogP contribution is 2.52. The number of carbonyl (C=O) groups excluding carboxylic acids is 2. The van der Waals surface area contributed by atoms with Crippen molar-refractivity contribution in [1.82, 2.24) is 9.55 Å². The summed E-state index contributed by atoms with van der Waals surface area (Å²) in [6, 6.07) is 14.2. The summed E-state index contributed by atoms with van der Waals surface area (Å²) in [7, 11) is 1.41. The number of benzene rings is 2. The summed E-state index contributed by atoms with van der Waals surface area (Å²) in [5, 5.41) is 10.1. The summed E-state index contributed by atoms with van der Waals surface area (Å²) < 4.78 is 32.9. The van der Waals surface area contributed by atoms with Crippen LogP contribution in [0.2, 0.25) is 0 Å². The molecule has 328 valence electrons. The Morgan fingerprint density at radius 2 is 1.47 bits per heavy atom. The minimum atomic E-state index is -0.990. The van der Waals surface area contributed by atoms with Crippen LogP contribution < -0.4 is 4.74 Å². The number of hydrogen-bond donors (Lipinski definition) is 0. The predicted octanol–water partition coefficient (Wildman–Crippen LogP) is 13.2. The van der Waals surface area contributed by atoms with E-state index < -0.39 is 26.4 Å². The molecule has 1 heterocycles. The Morgan fingerprint density at radius 1 is 0.898 bits per heavy atom. The highest BCUT2D eigenvalue weighted by molar-refractivity contribution is 7.95. The molecule has 2 aromatic carbocycles. The highest BCUT2D eigenvalue weighted by atomic mass is 32.2. The van der Waals surface area contributed by atoms with Gasteiger partial charge in [0.1, 0.15) is 24.8 Å². The number of esters is 2. The number of hydrogen-bond acceptors (Lipinski definition) is 8. The van der Waals surface area contributed by atoms with Gasteiger partial charge in [0.2, 0.25) is 0 Å². The first kappa shape index (κ1) is 51.3. The first-order chi connectivity index (χ1) is 27.2. The summed E-state index contributed by atoms with van der Waals surface area (Å²) in [5.41, 5.74) is 1.65. The van der Waals surface area contributed by atoms with E-state index in [1.165, 1.54) is 7.11 Å². The summed E-state index contributed by atoms with van der Waals surface area (Å²) in [6.45, 7) is 34.3. The van der Waals surface area contributed by atoms with Crippen molar-refractivity contribution in [2.75, 3.05) is 20.3 Å². The van der Waals surface area contributed by atoms with Crippen LogP contribution in [0.4, 0.5) is 3.89 Å². The smallest absolute Gasteiger partial charge is 0.312 e. The van der Waals surface area contributed by atoms with Crippen molar-refractivity contribution >= 4 is 24.1 Å². The van der Waals surface area contributed by atoms with Gasteiger partial charge in [0.25, 0.3) is 0 Å². The fourth-order valence-corrected chi connectivity index (χ4v) is 8.40. The fraction of sp³-hybridized carbons (Fsp3) is 0.633. The lowest BCUT2D eigenvalue weighted by Crippen LogP contribution is -2.48. The Morgan fingerprint density at radius 3 is 1.98 bits per heavy atom. The van der Waals surface area contributed by atoms with Crippen LogP contribution in [-0.2, 0) is 23.8 Å². The third kappa shape index (κ3) is 12.1. The topological polar surface area (TPSA) is 103 Å². The maximum absolute atomic E-state index is 14.4. The van der Waals surface area contributed by atoms with Crippen LogP contribution in [0.1, 0.15) is 140 Å². The molecular formula is C49H74FN3O5S. The first-order valence-electron chi connectivity index (χ1n) is 21.0. The Labute approximate surface area is 360 Å². The number of nitriles is 1. The van der Waals surface area contributed by atoms with Crippen molar-refractivity contribution in [1.29, 1.82) is 5.26 Å². The van der Waals surface area contributed by atoms with E-state index in [9.17, 15) is 18.7 Å². The van der Waals surface area contributed by atoms with Gasteiger partial charge in [0.15, 0.2) is 0 Å². The molecule has 0 radical (unpaired) electrons. The number of rotatable bonds is 17. The van der Waals surface area contributed by atoms with Crippen molar-refractivity contribution in [3.63, 3.8) is 0 Å². The molecule has 10 heteroatoms. The summed E-state index contributed by atoms with van der Waals surface area (Å²) >= 11 is 0.313. The molecule has 3 aromatic rings. The molecular weight excluding hydrogens is 762 g/mol. The normalized spacial score (nSPS) is 15.4. The zero-order chi connectivity index (χ0) is 45.4. The van der Waals surface area contributed by atoms with E-state index in [4.69, 9.17) is 19.2 Å². The SMILES string of the molecule is CC.COC(=O)C(C)(CC(C)C(C)(CC(C)(C)CC(C#N)C(C)(C)C)C(=O)OCCOc1cc(C)c(-n2ccnc2-c2ccccc2C(C)(C)SF)c(C)c1)C(C)(C)C. The van der Waals surface area contributed by atoms with E-state index in [-0.39, 0.29) is 42.4 Å². The van der Waals surface area contributed by atoms with Crippen molar-refractivity contribution in [2.24, 2.45) is 38.9 Å². The molecule has 4 atom stereocenters. The van der Waals surface area contributed by atoms with Crippen LogP contribution in [0.3, 0.4) is 0 Å². The summed E-state index contributed by atoms with van der Waals surface area (Å²) in [6.07, 6.45) is 5.14. The van der Waals surface area contributed by atoms with Gasteiger partial charge in [-0.3, -0.25) is 14.2 Å². The molecule has 0 spiro atoms. The number of methoxy groups -OCH3 is 1. The van der Waals surface area contributed by atoms with E-state index in [0.717, 1.165) is 33.8 Å². The van der Waals surface area contributed by atoms with Crippen molar-refractivity contribution in [2.45, 2.75) is 142 Å². The minimum Gasteiger partial charge on any atom is -0.490 e. The minimum absolute atomic E-state index is 0.0303. The quantitative estimate of drug-likeness (QED) is 0.0978. The standard InChI is InChI=1S/C47H68FN3O5S.C2H6/c1-31-25-35(26-32(2)38(31)51-22-21-50-39(51)36-19-17-18-20-37(36)45(12,13)57-48)55-23-24-56-40(52)46(14,30-44(10,11)28-34(29-49)42(4,5)6)33(3)27-47(15,41(53)54-16)43(7,8)9;1-2/h17-22,25-26,33-34H,23-24,27-28,30H2,1-16H3;1-2H3. The Hall–Kier alpha value is -3.84. The van der Waals surface area contributed by atoms with Crippen LogP contribution in [0.15, 0.2) is 48.8 Å². The lowest BCUT2D eigenvalue weighted by Gasteiger charge is -2.46. The maximum Gasteiger partial charge on any atom is 0.312 e. The average molecular weight is 836 g/mol. The molecule has 0 saturated heterocycles. The second-order valence-electron chi connectivity index (χ2n) is 19.8. The van der Waals surface area contributed by atoms with Crippen molar-refractivity contribution in [3.8, 4) is 28.9 Å². The largest absolute Gasteiger partial charge is 0.490 e. The van der Waals surface area contributed by atoms with Gasteiger partial charge >= 0.3 is 11.9 Å². The number of nitrogens with zero attached hydrogens (tertiary/aromatic N) is 3. The number of aryl methyl sites for hydroxylation is 2. The van der Waals surface area contributed by atoms with Crippen LogP contribution in [-0.4, -0.2) is 41.8 Å². The van der Waals surface area contributed by atoms with Gasteiger partial charge in [-0.05, 0) is 112 Å². The molecule has 0 saturated carbocycles. The third-order valence-corrected chi connectivity index (χ3v) is 12.9. The van der Waals surface area contributed by atoms with E-state index in [2.05, 4.69) is 40.7 Å². The summed E-state index contributed by atoms with van der Waals surface area (Å²) in [5.74, 6) is 0.200. The second kappa shape index (κ2) is 20.1. The van der Waals surface area contributed by atoms with Crippen LogP contribution in [0, 0.1) is 64.1 Å². The Bertz CT molecular complexity index is 1890. The van der Waals surface area contributed by atoms with E-state index in [0.29, 0.717) is 37.2 Å². The zero-order valence-electron chi connectivity index (χ0n) is 39.5. The molecule has 0 N–H and O–H groups in total. The Kier molecular flexibility index (Phi) is 17.5. The Balaban J connectivity index is 0.00000590. The summed E-state index contributed by atoms with van der Waals surface area (Å²) in [4.78, 5) is 32.4. The second-order valence-corrected chi connectivity index (χ2v) is 21.0. The van der Waals surface area contributed by atoms with E-state index in [1.807, 2.05) is 130 Å². The highest BCUT2D eigenvalue weighted by Gasteiger charge is 2.52. The molecule has 59 heavy (non-hydrogen) atoms. The van der Waals surface area contributed by atoms with Gasteiger partial charge < -0.3 is 14.2 Å². The van der Waals surface area contributed by atoms with Crippen LogP contribution in [0.5, 0.6) is 5.75 Å². The van der Waals surface area contributed by atoms with Gasteiger partial charge in [-0.25, -0.2) is 4.98 Å². The zero-order valence-corrected chi connectivity index (χ0v) is 40.3. The molecule has 0 aliphatic carbocycles. The van der Waals surface area contributed by atoms with Gasteiger partial charge in [0.05, 0.1) is 52.5 Å². The number of imidazole rings is 1. The van der Waals surface area contributed by atoms with Crippen LogP contribution >= 0.6 is 12.1 Å². The van der Waals surface area contributed by atoms with Gasteiger partial charge in [-0.1, -0.05) is 100 Å². The molecule has 0 bridgehead atoms. The number of carbonyl (C=O) groups is 2. The molecule has 0 fully saturated rings. The monoisotopic (exact) mass is 836 g/mol. The molecule has 3 rings (SSSR count). The van der Waals surface area contributed by atoms with Crippen molar-refractivity contribution < 1.29 is 27.7 Å². The van der Waals surface area contributed by atoms with Crippen LogP contribution in [0.25, 0.3) is 17.1 Å². The van der Waals surface area contributed by atoms with Gasteiger partial charge in [0, 0.05) is 18.0 Å². The molecule has 4 unspecified atom stereocenters. The van der Waals surface area contributed by atoms with E-state index >= 15 is 0 Å². The lowest BCUT2D eigenvalue weighted by atomic mass is 9.57. The number of ether oxygens (including phenoxy) is 3. The van der Waals surface area contributed by atoms with Crippen molar-refractivity contribution in [3.05, 3.63) is 65.5 Å². The number of halogens is 1. The maximum atomic E-state index is 14.4. The molecule has 1 aromatic heterocycles.